The van der Waals surface area contributed by atoms with Crippen molar-refractivity contribution in [3.8, 4) is 0 Å². The summed E-state index contributed by atoms with van der Waals surface area (Å²) in [7, 11) is 1.74. The first kappa shape index (κ1) is 21.2. The molecule has 0 amide bonds. The van der Waals surface area contributed by atoms with Crippen molar-refractivity contribution in [2.75, 3.05) is 26.7 Å². The van der Waals surface area contributed by atoms with Gasteiger partial charge in [-0.05, 0) is 37.3 Å². The summed E-state index contributed by atoms with van der Waals surface area (Å²) in [6.45, 7) is 2.27. The average Bonchev–Trinajstić information content (AvgIpc) is 3.08. The molecule has 0 aliphatic heterocycles. The number of hydrogen-bond acceptors (Lipinski definition) is 2. The predicted molar refractivity (Wildman–Crippen MR) is 108 cm³/mol. The number of guanidine groups is 1. The number of hydrogen-bond donors (Lipinski definition) is 2. The van der Waals surface area contributed by atoms with Crippen LogP contribution in [0.5, 0.6) is 0 Å². The van der Waals surface area contributed by atoms with Crippen molar-refractivity contribution >= 4 is 29.9 Å². The molecule has 0 aromatic heterocycles. The van der Waals surface area contributed by atoms with Gasteiger partial charge in [0.2, 0.25) is 0 Å². The zero-order chi connectivity index (χ0) is 16.3. The zero-order valence-corrected chi connectivity index (χ0v) is 16.7. The van der Waals surface area contributed by atoms with Gasteiger partial charge in [-0.3, -0.25) is 4.99 Å². The van der Waals surface area contributed by atoms with Gasteiger partial charge in [0, 0.05) is 26.7 Å². The third-order valence-electron chi connectivity index (χ3n) is 4.14. The van der Waals surface area contributed by atoms with Crippen molar-refractivity contribution in [1.82, 2.24) is 10.6 Å². The van der Waals surface area contributed by atoms with E-state index < -0.39 is 0 Å². The maximum atomic E-state index is 13.5. The fourth-order valence-corrected chi connectivity index (χ4v) is 2.82. The van der Waals surface area contributed by atoms with E-state index in [1.165, 1.54) is 31.7 Å². The van der Waals surface area contributed by atoms with Crippen LogP contribution in [0.4, 0.5) is 4.39 Å². The molecular weight excluding hydrogens is 420 g/mol. The van der Waals surface area contributed by atoms with Gasteiger partial charge in [0.05, 0.1) is 6.10 Å². The monoisotopic (exact) mass is 449 g/mol. The van der Waals surface area contributed by atoms with E-state index in [1.54, 1.807) is 13.1 Å². The second-order valence-electron chi connectivity index (χ2n) is 5.90. The van der Waals surface area contributed by atoms with Gasteiger partial charge in [-0.2, -0.15) is 0 Å². The summed E-state index contributed by atoms with van der Waals surface area (Å²) in [5.41, 5.74) is 0.723. The summed E-state index contributed by atoms with van der Waals surface area (Å²) in [5, 5.41) is 6.47. The van der Waals surface area contributed by atoms with Crippen LogP contribution in [-0.4, -0.2) is 38.8 Å². The van der Waals surface area contributed by atoms with Gasteiger partial charge in [0.25, 0.3) is 0 Å². The van der Waals surface area contributed by atoms with Gasteiger partial charge in [-0.15, -0.1) is 24.0 Å². The fourth-order valence-electron chi connectivity index (χ4n) is 2.82. The van der Waals surface area contributed by atoms with Crippen LogP contribution in [0, 0.1) is 5.82 Å². The molecule has 0 bridgehead atoms. The Hall–Kier alpha value is -0.890. The van der Waals surface area contributed by atoms with Crippen molar-refractivity contribution in [2.24, 2.45) is 4.99 Å². The second-order valence-corrected chi connectivity index (χ2v) is 5.90. The first-order valence-electron chi connectivity index (χ1n) is 8.59. The van der Waals surface area contributed by atoms with Crippen LogP contribution in [0.2, 0.25) is 0 Å². The Kier molecular flexibility index (Phi) is 11.0. The highest BCUT2D eigenvalue weighted by Crippen LogP contribution is 2.20. The molecule has 0 spiro atoms. The molecule has 136 valence electrons. The van der Waals surface area contributed by atoms with Crippen LogP contribution in [-0.2, 0) is 11.2 Å². The van der Waals surface area contributed by atoms with Crippen LogP contribution in [0.3, 0.4) is 0 Å². The summed E-state index contributed by atoms with van der Waals surface area (Å²) < 4.78 is 19.4. The summed E-state index contributed by atoms with van der Waals surface area (Å²) >= 11 is 0. The largest absolute Gasteiger partial charge is 0.378 e. The van der Waals surface area contributed by atoms with Gasteiger partial charge in [-0.25, -0.2) is 4.39 Å². The molecule has 1 aromatic rings. The van der Waals surface area contributed by atoms with Gasteiger partial charge in [0.15, 0.2) is 5.96 Å². The van der Waals surface area contributed by atoms with Crippen LogP contribution in [0.25, 0.3) is 0 Å². The Balaban J connectivity index is 0.00000288. The van der Waals surface area contributed by atoms with E-state index >= 15 is 0 Å². The first-order valence-corrected chi connectivity index (χ1v) is 8.59. The van der Waals surface area contributed by atoms with Gasteiger partial charge < -0.3 is 15.4 Å². The Bertz CT molecular complexity index is 493. The Morgan fingerprint density at radius 2 is 1.92 bits per heavy atom. The lowest BCUT2D eigenvalue weighted by atomic mass is 10.1. The quantitative estimate of drug-likeness (QED) is 0.277. The first-order chi connectivity index (χ1) is 11.3. The molecule has 4 nitrogen and oxygen atoms in total. The number of rotatable bonds is 8. The maximum absolute atomic E-state index is 13.5. The summed E-state index contributed by atoms with van der Waals surface area (Å²) in [5.74, 6) is 0.600. The van der Waals surface area contributed by atoms with Gasteiger partial charge in [-0.1, -0.05) is 31.0 Å². The molecule has 0 atom stereocenters. The van der Waals surface area contributed by atoms with Crippen molar-refractivity contribution in [3.63, 3.8) is 0 Å². The highest BCUT2D eigenvalue weighted by Gasteiger charge is 2.14. The lowest BCUT2D eigenvalue weighted by Crippen LogP contribution is -2.39. The minimum absolute atomic E-state index is 0. The summed E-state index contributed by atoms with van der Waals surface area (Å²) in [6, 6.07) is 6.87. The molecule has 1 saturated carbocycles. The minimum Gasteiger partial charge on any atom is -0.378 e. The lowest BCUT2D eigenvalue weighted by molar-refractivity contribution is 0.0574. The van der Waals surface area contributed by atoms with E-state index in [-0.39, 0.29) is 29.8 Å². The molecule has 0 heterocycles. The van der Waals surface area contributed by atoms with Crippen molar-refractivity contribution < 1.29 is 9.13 Å². The normalized spacial score (nSPS) is 15.2. The number of halogens is 2. The number of benzene rings is 1. The van der Waals surface area contributed by atoms with Gasteiger partial charge >= 0.3 is 0 Å². The van der Waals surface area contributed by atoms with Crippen LogP contribution in [0.1, 0.15) is 37.7 Å². The van der Waals surface area contributed by atoms with Crippen molar-refractivity contribution in [1.29, 1.82) is 0 Å². The predicted octanol–water partition coefficient (Wildman–Crippen LogP) is 3.50. The van der Waals surface area contributed by atoms with E-state index in [0.29, 0.717) is 19.1 Å². The molecule has 0 radical (unpaired) electrons. The molecule has 0 saturated heterocycles. The Morgan fingerprint density at radius 1 is 1.21 bits per heavy atom. The molecule has 1 aromatic carbocycles. The van der Waals surface area contributed by atoms with Crippen LogP contribution < -0.4 is 10.6 Å². The Morgan fingerprint density at radius 3 is 2.62 bits per heavy atom. The second kappa shape index (κ2) is 12.5. The topological polar surface area (TPSA) is 45.7 Å². The molecule has 1 aliphatic carbocycles. The van der Waals surface area contributed by atoms with E-state index in [0.717, 1.165) is 31.1 Å². The number of aliphatic imine (C=N–C) groups is 1. The van der Waals surface area contributed by atoms with Crippen molar-refractivity contribution in [3.05, 3.63) is 35.6 Å². The number of nitrogens with zero attached hydrogens (tertiary/aromatic N) is 1. The highest BCUT2D eigenvalue weighted by atomic mass is 127. The minimum atomic E-state index is -0.152. The molecule has 6 heteroatoms. The van der Waals surface area contributed by atoms with E-state index in [4.69, 9.17) is 4.74 Å². The zero-order valence-electron chi connectivity index (χ0n) is 14.4. The maximum Gasteiger partial charge on any atom is 0.190 e. The van der Waals surface area contributed by atoms with E-state index in [9.17, 15) is 4.39 Å². The molecule has 1 fully saturated rings. The van der Waals surface area contributed by atoms with Gasteiger partial charge in [0.1, 0.15) is 5.82 Å². The fraction of sp³-hybridized carbons (Fsp3) is 0.611. The molecule has 2 rings (SSSR count). The van der Waals surface area contributed by atoms with Crippen LogP contribution >= 0.6 is 24.0 Å². The summed E-state index contributed by atoms with van der Waals surface area (Å²) in [4.78, 5) is 4.18. The van der Waals surface area contributed by atoms with Crippen molar-refractivity contribution in [2.45, 2.75) is 44.6 Å². The Labute approximate surface area is 161 Å². The van der Waals surface area contributed by atoms with Crippen LogP contribution in [0.15, 0.2) is 29.3 Å². The number of ether oxygens (including phenoxy) is 1. The highest BCUT2D eigenvalue weighted by molar-refractivity contribution is 14.0. The standard InChI is InChI=1S/C18H28FN3O.HI/c1-20-18(21-12-6-14-23-16-8-3-4-9-16)22-13-11-15-7-2-5-10-17(15)19;/h2,5,7,10,16H,3-4,6,8-9,11-14H2,1H3,(H2,20,21,22);1H. The van der Waals surface area contributed by atoms with E-state index in [1.807, 2.05) is 12.1 Å². The molecule has 24 heavy (non-hydrogen) atoms. The molecule has 0 unspecified atom stereocenters. The number of nitrogens with one attached hydrogen (secondary N) is 2. The average molecular weight is 449 g/mol. The summed E-state index contributed by atoms with van der Waals surface area (Å²) in [6.07, 6.45) is 7.12. The molecule has 2 N–H and O–H groups in total. The smallest absolute Gasteiger partial charge is 0.190 e. The van der Waals surface area contributed by atoms with E-state index in [2.05, 4.69) is 15.6 Å². The third kappa shape index (κ3) is 7.79. The SMILES string of the molecule is CN=C(NCCCOC1CCCC1)NCCc1ccccc1F.I. The molecule has 1 aliphatic rings. The molecular formula is C18H29FIN3O. The lowest BCUT2D eigenvalue weighted by Gasteiger charge is -2.13. The third-order valence-corrected chi connectivity index (χ3v) is 4.14.